The SMILES string of the molecule is CCC(Br)CCNC(=O)C1COCCO1. The van der Waals surface area contributed by atoms with Crippen LogP contribution in [0.25, 0.3) is 0 Å². The van der Waals surface area contributed by atoms with Crippen molar-refractivity contribution in [3.8, 4) is 0 Å². The minimum Gasteiger partial charge on any atom is -0.376 e. The largest absolute Gasteiger partial charge is 0.376 e. The van der Waals surface area contributed by atoms with Crippen molar-refractivity contribution in [1.82, 2.24) is 5.32 Å². The van der Waals surface area contributed by atoms with Crippen LogP contribution in [0.15, 0.2) is 0 Å². The summed E-state index contributed by atoms with van der Waals surface area (Å²) in [7, 11) is 0. The molecule has 2 atom stereocenters. The van der Waals surface area contributed by atoms with E-state index in [2.05, 4.69) is 28.2 Å². The van der Waals surface area contributed by atoms with Crippen molar-refractivity contribution in [3.05, 3.63) is 0 Å². The first-order valence-corrected chi connectivity index (χ1v) is 6.26. The highest BCUT2D eigenvalue weighted by Crippen LogP contribution is 2.08. The average Bonchev–Trinajstić information content (AvgIpc) is 2.29. The number of alkyl halides is 1. The van der Waals surface area contributed by atoms with Gasteiger partial charge in [0.25, 0.3) is 5.91 Å². The fraction of sp³-hybridized carbons (Fsp3) is 0.900. The normalized spacial score (nSPS) is 23.5. The lowest BCUT2D eigenvalue weighted by Gasteiger charge is -2.22. The first-order chi connectivity index (χ1) is 7.24. The third kappa shape index (κ3) is 4.95. The maximum atomic E-state index is 11.5. The smallest absolute Gasteiger partial charge is 0.251 e. The molecule has 0 radical (unpaired) electrons. The quantitative estimate of drug-likeness (QED) is 0.767. The monoisotopic (exact) mass is 279 g/mol. The Morgan fingerprint density at radius 2 is 2.40 bits per heavy atom. The molecule has 1 fully saturated rings. The number of halogens is 1. The number of carbonyl (C=O) groups excluding carboxylic acids is 1. The van der Waals surface area contributed by atoms with E-state index in [1.807, 2.05) is 0 Å². The van der Waals surface area contributed by atoms with Crippen LogP contribution in [0.1, 0.15) is 19.8 Å². The minimum atomic E-state index is -0.422. The Morgan fingerprint density at radius 3 is 3.00 bits per heavy atom. The molecule has 1 aliphatic rings. The fourth-order valence-corrected chi connectivity index (χ4v) is 1.54. The molecule has 1 rings (SSSR count). The van der Waals surface area contributed by atoms with Crippen LogP contribution in [0.3, 0.4) is 0 Å². The summed E-state index contributed by atoms with van der Waals surface area (Å²) in [4.78, 5) is 12.0. The summed E-state index contributed by atoms with van der Waals surface area (Å²) in [5.41, 5.74) is 0. The number of carbonyl (C=O) groups is 1. The van der Waals surface area contributed by atoms with Gasteiger partial charge in [-0.05, 0) is 12.8 Å². The molecular formula is C10H18BrNO3. The number of amides is 1. The number of hydrogen-bond donors (Lipinski definition) is 1. The lowest BCUT2D eigenvalue weighted by atomic mass is 10.2. The van der Waals surface area contributed by atoms with Crippen LogP contribution in [-0.4, -0.2) is 43.2 Å². The maximum Gasteiger partial charge on any atom is 0.251 e. The molecular weight excluding hydrogens is 262 g/mol. The average molecular weight is 280 g/mol. The Morgan fingerprint density at radius 1 is 1.60 bits per heavy atom. The van der Waals surface area contributed by atoms with Crippen molar-refractivity contribution in [2.75, 3.05) is 26.4 Å². The molecule has 5 heteroatoms. The van der Waals surface area contributed by atoms with Gasteiger partial charge < -0.3 is 14.8 Å². The van der Waals surface area contributed by atoms with E-state index in [1.165, 1.54) is 0 Å². The second kappa shape index (κ2) is 7.19. The van der Waals surface area contributed by atoms with Gasteiger partial charge in [-0.2, -0.15) is 0 Å². The molecule has 4 nitrogen and oxygen atoms in total. The molecule has 1 saturated heterocycles. The molecule has 15 heavy (non-hydrogen) atoms. The zero-order chi connectivity index (χ0) is 11.1. The summed E-state index contributed by atoms with van der Waals surface area (Å²) >= 11 is 3.52. The molecule has 0 aromatic rings. The summed E-state index contributed by atoms with van der Waals surface area (Å²) in [6, 6.07) is 0. The van der Waals surface area contributed by atoms with Crippen molar-refractivity contribution in [2.24, 2.45) is 0 Å². The first-order valence-electron chi connectivity index (χ1n) is 5.35. The van der Waals surface area contributed by atoms with Gasteiger partial charge in [-0.25, -0.2) is 0 Å². The minimum absolute atomic E-state index is 0.0643. The molecule has 0 aromatic heterocycles. The van der Waals surface area contributed by atoms with Crippen molar-refractivity contribution >= 4 is 21.8 Å². The zero-order valence-corrected chi connectivity index (χ0v) is 10.6. The van der Waals surface area contributed by atoms with Gasteiger partial charge >= 0.3 is 0 Å². The lowest BCUT2D eigenvalue weighted by Crippen LogP contribution is -2.43. The summed E-state index contributed by atoms with van der Waals surface area (Å²) in [6.45, 7) is 4.26. The van der Waals surface area contributed by atoms with Crippen LogP contribution < -0.4 is 5.32 Å². The number of rotatable bonds is 5. The van der Waals surface area contributed by atoms with Crippen LogP contribution in [0.4, 0.5) is 0 Å². The van der Waals surface area contributed by atoms with Crippen molar-refractivity contribution in [1.29, 1.82) is 0 Å². The second-order valence-electron chi connectivity index (χ2n) is 3.52. The van der Waals surface area contributed by atoms with E-state index >= 15 is 0 Å². The summed E-state index contributed by atoms with van der Waals surface area (Å²) in [5, 5.41) is 2.84. The Kier molecular flexibility index (Phi) is 6.20. The van der Waals surface area contributed by atoms with E-state index in [0.717, 1.165) is 12.8 Å². The van der Waals surface area contributed by atoms with E-state index in [4.69, 9.17) is 9.47 Å². The van der Waals surface area contributed by atoms with Crippen molar-refractivity contribution in [3.63, 3.8) is 0 Å². The molecule has 1 amide bonds. The van der Waals surface area contributed by atoms with Gasteiger partial charge in [0.1, 0.15) is 0 Å². The summed E-state index contributed by atoms with van der Waals surface area (Å²) in [6.07, 6.45) is 1.59. The molecule has 1 aliphatic heterocycles. The third-order valence-electron chi connectivity index (χ3n) is 2.31. The van der Waals surface area contributed by atoms with Crippen LogP contribution in [0.2, 0.25) is 0 Å². The van der Waals surface area contributed by atoms with Gasteiger partial charge in [-0.15, -0.1) is 0 Å². The molecule has 2 unspecified atom stereocenters. The van der Waals surface area contributed by atoms with E-state index in [9.17, 15) is 4.79 Å². The molecule has 1 heterocycles. The Bertz CT molecular complexity index is 195. The third-order valence-corrected chi connectivity index (χ3v) is 3.41. The predicted molar refractivity (Wildman–Crippen MR) is 61.2 cm³/mol. The highest BCUT2D eigenvalue weighted by Gasteiger charge is 2.21. The van der Waals surface area contributed by atoms with Gasteiger partial charge in [-0.3, -0.25) is 4.79 Å². The standard InChI is InChI=1S/C10H18BrNO3/c1-2-8(11)3-4-12-10(13)9-7-14-5-6-15-9/h8-9H,2-7H2,1H3,(H,12,13). The molecule has 0 aromatic carbocycles. The van der Waals surface area contributed by atoms with Crippen LogP contribution >= 0.6 is 15.9 Å². The van der Waals surface area contributed by atoms with E-state index < -0.39 is 6.10 Å². The van der Waals surface area contributed by atoms with E-state index in [-0.39, 0.29) is 5.91 Å². The number of hydrogen-bond acceptors (Lipinski definition) is 3. The Balaban J connectivity index is 2.12. The van der Waals surface area contributed by atoms with E-state index in [1.54, 1.807) is 0 Å². The predicted octanol–water partition coefficient (Wildman–Crippen LogP) is 1.08. The van der Waals surface area contributed by atoms with Crippen LogP contribution in [-0.2, 0) is 14.3 Å². The van der Waals surface area contributed by atoms with Gasteiger partial charge in [0, 0.05) is 11.4 Å². The van der Waals surface area contributed by atoms with Gasteiger partial charge in [0.15, 0.2) is 6.10 Å². The second-order valence-corrected chi connectivity index (χ2v) is 4.81. The van der Waals surface area contributed by atoms with Gasteiger partial charge in [-0.1, -0.05) is 22.9 Å². The van der Waals surface area contributed by atoms with E-state index in [0.29, 0.717) is 31.2 Å². The molecule has 1 N–H and O–H groups in total. The molecule has 0 saturated carbocycles. The van der Waals surface area contributed by atoms with Crippen molar-refractivity contribution < 1.29 is 14.3 Å². The van der Waals surface area contributed by atoms with Crippen LogP contribution in [0.5, 0.6) is 0 Å². The van der Waals surface area contributed by atoms with Crippen molar-refractivity contribution in [2.45, 2.75) is 30.7 Å². The Hall–Kier alpha value is -0.130. The summed E-state index contributed by atoms with van der Waals surface area (Å²) < 4.78 is 10.4. The molecule has 0 aliphatic carbocycles. The maximum absolute atomic E-state index is 11.5. The van der Waals surface area contributed by atoms with Gasteiger partial charge in [0.2, 0.25) is 0 Å². The Labute approximate surface area is 98.8 Å². The zero-order valence-electron chi connectivity index (χ0n) is 9.00. The first kappa shape index (κ1) is 12.9. The highest BCUT2D eigenvalue weighted by molar-refractivity contribution is 9.09. The topological polar surface area (TPSA) is 47.6 Å². The summed E-state index contributed by atoms with van der Waals surface area (Å²) in [5.74, 6) is -0.0643. The highest BCUT2D eigenvalue weighted by atomic mass is 79.9. The molecule has 88 valence electrons. The van der Waals surface area contributed by atoms with Crippen LogP contribution in [0, 0.1) is 0 Å². The fourth-order valence-electron chi connectivity index (χ4n) is 1.31. The number of nitrogens with one attached hydrogen (secondary N) is 1. The van der Waals surface area contributed by atoms with Gasteiger partial charge in [0.05, 0.1) is 19.8 Å². The molecule has 0 bridgehead atoms. The lowest BCUT2D eigenvalue weighted by molar-refractivity contribution is -0.147. The number of ether oxygens (including phenoxy) is 2. The molecule has 0 spiro atoms.